The Kier molecular flexibility index (Phi) is 7.96. The van der Waals surface area contributed by atoms with E-state index in [9.17, 15) is 4.79 Å². The van der Waals surface area contributed by atoms with Gasteiger partial charge in [-0.1, -0.05) is 41.4 Å². The van der Waals surface area contributed by atoms with E-state index < -0.39 is 5.91 Å². The molecule has 3 aromatic carbocycles. The molecule has 0 spiro atoms. The van der Waals surface area contributed by atoms with Crippen LogP contribution in [-0.2, 0) is 6.61 Å². The van der Waals surface area contributed by atoms with Gasteiger partial charge in [0, 0.05) is 15.1 Å². The molecular formula is C23H19BrCl2N2O3. The lowest BCUT2D eigenvalue weighted by Crippen LogP contribution is -2.18. The van der Waals surface area contributed by atoms with Gasteiger partial charge in [-0.05, 0) is 70.4 Å². The van der Waals surface area contributed by atoms with Crippen molar-refractivity contribution in [3.63, 3.8) is 0 Å². The average molecular weight is 522 g/mol. The molecule has 0 atom stereocenters. The quantitative estimate of drug-likeness (QED) is 0.288. The Hall–Kier alpha value is -2.54. The van der Waals surface area contributed by atoms with Crippen molar-refractivity contribution in [1.82, 2.24) is 5.43 Å². The second-order valence-electron chi connectivity index (χ2n) is 6.62. The summed E-state index contributed by atoms with van der Waals surface area (Å²) in [6, 6.07) is 16.2. The highest BCUT2D eigenvalue weighted by atomic mass is 79.9. The molecule has 0 aliphatic heterocycles. The number of carbonyl (C=O) groups is 1. The van der Waals surface area contributed by atoms with E-state index in [1.54, 1.807) is 31.4 Å². The zero-order valence-electron chi connectivity index (χ0n) is 16.8. The van der Waals surface area contributed by atoms with Crippen LogP contribution in [0.3, 0.4) is 0 Å². The average Bonchev–Trinajstić information content (AvgIpc) is 2.74. The maximum absolute atomic E-state index is 12.3. The third kappa shape index (κ3) is 6.23. The fraction of sp³-hybridized carbons (Fsp3) is 0.130. The number of nitrogens with one attached hydrogen (secondary N) is 1. The Morgan fingerprint density at radius 2 is 1.84 bits per heavy atom. The Labute approximate surface area is 199 Å². The summed E-state index contributed by atoms with van der Waals surface area (Å²) in [5.74, 6) is 0.704. The third-order valence-electron chi connectivity index (χ3n) is 4.33. The predicted octanol–water partition coefficient (Wildman–Crippen LogP) is 6.42. The molecule has 0 aliphatic rings. The monoisotopic (exact) mass is 520 g/mol. The number of carbonyl (C=O) groups excluding carboxylic acids is 1. The number of methoxy groups -OCH3 is 1. The van der Waals surface area contributed by atoms with E-state index in [1.807, 2.05) is 37.3 Å². The lowest BCUT2D eigenvalue weighted by atomic mass is 10.1. The molecule has 160 valence electrons. The minimum atomic E-state index is -0.396. The maximum Gasteiger partial charge on any atom is 0.272 e. The number of hydrazone groups is 1. The molecule has 3 aromatic rings. The van der Waals surface area contributed by atoms with E-state index in [4.69, 9.17) is 32.7 Å². The molecule has 0 saturated heterocycles. The molecule has 0 unspecified atom stereocenters. The molecular weight excluding hydrogens is 503 g/mol. The van der Waals surface area contributed by atoms with Crippen LogP contribution in [0, 0.1) is 6.92 Å². The normalized spacial score (nSPS) is 10.9. The Balaban J connectivity index is 1.70. The molecule has 5 nitrogen and oxygen atoms in total. The minimum absolute atomic E-state index is 0.354. The van der Waals surface area contributed by atoms with E-state index in [-0.39, 0.29) is 0 Å². The van der Waals surface area contributed by atoms with Gasteiger partial charge >= 0.3 is 0 Å². The highest BCUT2D eigenvalue weighted by Gasteiger charge is 2.11. The first-order valence-corrected chi connectivity index (χ1v) is 10.8. The van der Waals surface area contributed by atoms with Crippen LogP contribution in [0.2, 0.25) is 10.0 Å². The van der Waals surface area contributed by atoms with Gasteiger partial charge in [0.15, 0.2) is 11.5 Å². The number of aryl methyl sites for hydroxylation is 1. The molecule has 3 rings (SSSR count). The van der Waals surface area contributed by atoms with Gasteiger partial charge in [-0.3, -0.25) is 4.79 Å². The van der Waals surface area contributed by atoms with Crippen LogP contribution in [0.1, 0.15) is 27.0 Å². The smallest absolute Gasteiger partial charge is 0.272 e. The molecule has 1 amide bonds. The van der Waals surface area contributed by atoms with Gasteiger partial charge in [0.1, 0.15) is 6.61 Å². The molecule has 0 radical (unpaired) electrons. The van der Waals surface area contributed by atoms with Crippen LogP contribution in [0.25, 0.3) is 0 Å². The fourth-order valence-corrected chi connectivity index (χ4v) is 3.56. The van der Waals surface area contributed by atoms with Crippen LogP contribution < -0.4 is 14.9 Å². The summed E-state index contributed by atoms with van der Waals surface area (Å²) in [4.78, 5) is 12.3. The van der Waals surface area contributed by atoms with Crippen molar-refractivity contribution in [2.45, 2.75) is 13.5 Å². The van der Waals surface area contributed by atoms with Gasteiger partial charge < -0.3 is 9.47 Å². The highest BCUT2D eigenvalue weighted by Crippen LogP contribution is 2.33. The van der Waals surface area contributed by atoms with Crippen LogP contribution in [0.15, 0.2) is 64.2 Å². The summed E-state index contributed by atoms with van der Waals surface area (Å²) in [5.41, 5.74) is 5.48. The van der Waals surface area contributed by atoms with Gasteiger partial charge in [-0.15, -0.1) is 0 Å². The van der Waals surface area contributed by atoms with Crippen molar-refractivity contribution in [2.24, 2.45) is 5.10 Å². The topological polar surface area (TPSA) is 59.9 Å². The van der Waals surface area contributed by atoms with Crippen LogP contribution in [0.4, 0.5) is 0 Å². The van der Waals surface area contributed by atoms with Crippen molar-refractivity contribution < 1.29 is 14.3 Å². The lowest BCUT2D eigenvalue weighted by Gasteiger charge is -2.13. The van der Waals surface area contributed by atoms with Crippen molar-refractivity contribution in [3.8, 4) is 11.5 Å². The summed E-state index contributed by atoms with van der Waals surface area (Å²) in [7, 11) is 1.56. The van der Waals surface area contributed by atoms with E-state index in [2.05, 4.69) is 26.5 Å². The first kappa shape index (κ1) is 23.1. The van der Waals surface area contributed by atoms with Crippen molar-refractivity contribution >= 4 is 51.3 Å². The van der Waals surface area contributed by atoms with Gasteiger partial charge in [0.2, 0.25) is 0 Å². The number of rotatable bonds is 7. The zero-order valence-corrected chi connectivity index (χ0v) is 19.9. The highest BCUT2D eigenvalue weighted by molar-refractivity contribution is 9.10. The van der Waals surface area contributed by atoms with Crippen LogP contribution >= 0.6 is 39.1 Å². The second kappa shape index (κ2) is 10.7. The van der Waals surface area contributed by atoms with Gasteiger partial charge in [-0.2, -0.15) is 5.10 Å². The molecule has 8 heteroatoms. The van der Waals surface area contributed by atoms with E-state index in [1.165, 1.54) is 6.21 Å². The first-order chi connectivity index (χ1) is 14.9. The number of nitrogens with zero attached hydrogens (tertiary/aromatic N) is 1. The van der Waals surface area contributed by atoms with Crippen LogP contribution in [-0.4, -0.2) is 19.2 Å². The number of amides is 1. The lowest BCUT2D eigenvalue weighted by molar-refractivity contribution is 0.0955. The molecule has 0 bridgehead atoms. The largest absolute Gasteiger partial charge is 0.493 e. The van der Waals surface area contributed by atoms with E-state index in [0.29, 0.717) is 39.3 Å². The Morgan fingerprint density at radius 3 is 2.52 bits per heavy atom. The van der Waals surface area contributed by atoms with Crippen LogP contribution in [0.5, 0.6) is 11.5 Å². The van der Waals surface area contributed by atoms with Crippen molar-refractivity contribution in [1.29, 1.82) is 0 Å². The second-order valence-corrected chi connectivity index (χ2v) is 8.32. The molecule has 0 saturated carbocycles. The predicted molar refractivity (Wildman–Crippen MR) is 128 cm³/mol. The summed E-state index contributed by atoms with van der Waals surface area (Å²) in [6.07, 6.45) is 1.51. The zero-order chi connectivity index (χ0) is 22.4. The molecule has 0 fully saturated rings. The van der Waals surface area contributed by atoms with E-state index in [0.717, 1.165) is 15.6 Å². The summed E-state index contributed by atoms with van der Waals surface area (Å²) in [6.45, 7) is 2.26. The summed E-state index contributed by atoms with van der Waals surface area (Å²) >= 11 is 15.5. The van der Waals surface area contributed by atoms with Crippen molar-refractivity contribution in [2.75, 3.05) is 7.11 Å². The molecule has 31 heavy (non-hydrogen) atoms. The number of halogens is 3. The molecule has 0 aliphatic carbocycles. The third-order valence-corrected chi connectivity index (χ3v) is 5.58. The fourth-order valence-electron chi connectivity index (χ4n) is 2.69. The summed E-state index contributed by atoms with van der Waals surface area (Å²) < 4.78 is 12.1. The Morgan fingerprint density at radius 1 is 1.10 bits per heavy atom. The summed E-state index contributed by atoms with van der Waals surface area (Å²) in [5, 5.41) is 5.07. The maximum atomic E-state index is 12.3. The molecule has 0 aromatic heterocycles. The first-order valence-electron chi connectivity index (χ1n) is 9.21. The number of hydrogen-bond donors (Lipinski definition) is 1. The number of hydrogen-bond acceptors (Lipinski definition) is 4. The van der Waals surface area contributed by atoms with E-state index >= 15 is 0 Å². The minimum Gasteiger partial charge on any atom is -0.493 e. The standard InChI is InChI=1S/C23H19BrCl2N2O3/c1-14-3-8-18(20(26)9-14)23(29)28-27-12-16-10-21(30-2)22(11-19(16)24)31-13-15-4-6-17(25)7-5-15/h3-12H,13H2,1-2H3,(H,28,29)/b27-12-. The number of ether oxygens (including phenoxy) is 2. The Bertz CT molecular complexity index is 1120. The van der Waals surface area contributed by atoms with Gasteiger partial charge in [0.25, 0.3) is 5.91 Å². The van der Waals surface area contributed by atoms with Crippen molar-refractivity contribution in [3.05, 3.63) is 91.4 Å². The number of benzene rings is 3. The SMILES string of the molecule is COc1cc(/C=N\NC(=O)c2ccc(C)cc2Cl)c(Br)cc1OCc1ccc(Cl)cc1. The van der Waals surface area contributed by atoms with Gasteiger partial charge in [-0.25, -0.2) is 5.43 Å². The molecule has 1 N–H and O–H groups in total. The van der Waals surface area contributed by atoms with Gasteiger partial charge in [0.05, 0.1) is 23.9 Å². The molecule has 0 heterocycles.